The molecule has 7 atom stereocenters. The number of aryl methyl sites for hydroxylation is 1. The molecule has 3 aliphatic rings. The van der Waals surface area contributed by atoms with Crippen molar-refractivity contribution in [1.82, 2.24) is 0 Å². The molecule has 0 heterocycles. The first-order valence-corrected chi connectivity index (χ1v) is 15.2. The van der Waals surface area contributed by atoms with Gasteiger partial charge in [0.25, 0.3) is 0 Å². The molecule has 0 bridgehead atoms. The Morgan fingerprint density at radius 2 is 1.88 bits per heavy atom. The number of hydrogen-bond acceptors (Lipinski definition) is 4. The Morgan fingerprint density at radius 1 is 1.18 bits per heavy atom. The van der Waals surface area contributed by atoms with Crippen LogP contribution in [0.3, 0.4) is 0 Å². The zero-order valence-corrected chi connectivity index (χ0v) is 23.2. The highest BCUT2D eigenvalue weighted by atomic mass is 32.2. The van der Waals surface area contributed by atoms with Gasteiger partial charge >= 0.3 is 22.4 Å². The molecule has 2 fully saturated rings. The molecule has 0 amide bonds. The van der Waals surface area contributed by atoms with Crippen LogP contribution in [-0.4, -0.2) is 47.5 Å². The molecule has 0 aliphatic heterocycles. The maximum absolute atomic E-state index is 13.4. The predicted molar refractivity (Wildman–Crippen MR) is 140 cm³/mol. The van der Waals surface area contributed by atoms with E-state index in [1.165, 1.54) is 0 Å². The summed E-state index contributed by atoms with van der Waals surface area (Å²) in [5.74, 6) is -4.93. The fourth-order valence-electron chi connectivity index (χ4n) is 8.21. The summed E-state index contributed by atoms with van der Waals surface area (Å²) in [6, 6.07) is 5.18. The molecule has 1 aromatic carbocycles. The molecule has 12 heteroatoms. The SMILES string of the molecule is C=C[C@@]12CCc3cc(NS(=O)(=O)O)ccc3[C@H]1[C@@H](CCCCCC(O)C(F)(F)C(F)(F)F)C[C@@]1(C)[C@H]2CC[C@@H]1O. The number of aliphatic hydroxyl groups is 2. The molecule has 0 aromatic heterocycles. The van der Waals surface area contributed by atoms with Gasteiger partial charge in [-0.05, 0) is 96.8 Å². The minimum atomic E-state index is -5.80. The fraction of sp³-hybridized carbons (Fsp3) is 0.714. The second kappa shape index (κ2) is 10.8. The summed E-state index contributed by atoms with van der Waals surface area (Å²) in [6.45, 7) is 6.33. The van der Waals surface area contributed by atoms with Crippen LogP contribution in [0.25, 0.3) is 0 Å². The number of hydrogen-bond donors (Lipinski definition) is 4. The van der Waals surface area contributed by atoms with Crippen LogP contribution < -0.4 is 4.72 Å². The van der Waals surface area contributed by atoms with Gasteiger partial charge in [0.05, 0.1) is 11.8 Å². The number of benzene rings is 1. The van der Waals surface area contributed by atoms with Gasteiger partial charge < -0.3 is 10.2 Å². The van der Waals surface area contributed by atoms with Crippen molar-refractivity contribution in [3.05, 3.63) is 42.0 Å². The van der Waals surface area contributed by atoms with E-state index in [1.54, 1.807) is 12.1 Å². The highest BCUT2D eigenvalue weighted by molar-refractivity contribution is 7.87. The summed E-state index contributed by atoms with van der Waals surface area (Å²) in [7, 11) is -4.44. The minimum absolute atomic E-state index is 0.00272. The predicted octanol–water partition coefficient (Wildman–Crippen LogP) is 6.41. The van der Waals surface area contributed by atoms with E-state index in [9.17, 15) is 45.1 Å². The monoisotopic (exact) mass is 595 g/mol. The van der Waals surface area contributed by atoms with Gasteiger partial charge in [-0.2, -0.15) is 30.4 Å². The van der Waals surface area contributed by atoms with Crippen molar-refractivity contribution in [1.29, 1.82) is 0 Å². The summed E-state index contributed by atoms with van der Waals surface area (Å²) < 4.78 is 98.4. The molecule has 3 aliphatic carbocycles. The highest BCUT2D eigenvalue weighted by Gasteiger charge is 2.64. The smallest absolute Gasteiger partial charge is 0.393 e. The van der Waals surface area contributed by atoms with Crippen molar-refractivity contribution in [3.8, 4) is 0 Å². The summed E-state index contributed by atoms with van der Waals surface area (Å²) in [6.07, 6.45) is -2.55. The molecule has 226 valence electrons. The maximum Gasteiger partial charge on any atom is 0.456 e. The molecule has 6 nitrogen and oxygen atoms in total. The number of halogens is 5. The van der Waals surface area contributed by atoms with Crippen LogP contribution in [0.5, 0.6) is 0 Å². The standard InChI is InChI=1S/C28H38F5NO5S/c1-3-26-14-13-17-15-19(34-40(37,38)39)9-10-20(17)24(26)18(16-25(2)21(26)11-12-22(25)35)7-5-4-6-8-23(36)27(29,30)28(31,32)33/h3,9-10,15,18,21-24,34-36H,1,4-8,11-14,16H2,2H3,(H,37,38,39)/t18-,21+,22-,23?,24+,25-,26-/m0/s1. The van der Waals surface area contributed by atoms with Gasteiger partial charge in [0.15, 0.2) is 0 Å². The Bertz CT molecular complexity index is 1210. The molecule has 2 saturated carbocycles. The van der Waals surface area contributed by atoms with Gasteiger partial charge in [0.2, 0.25) is 0 Å². The number of alkyl halides is 5. The summed E-state index contributed by atoms with van der Waals surface area (Å²) in [4.78, 5) is 0. The average Bonchev–Trinajstić information content (AvgIpc) is 3.15. The largest absolute Gasteiger partial charge is 0.456 e. The van der Waals surface area contributed by atoms with Crippen molar-refractivity contribution in [2.75, 3.05) is 4.72 Å². The number of anilines is 1. The number of unbranched alkanes of at least 4 members (excludes halogenated alkanes) is 2. The average molecular weight is 596 g/mol. The van der Waals surface area contributed by atoms with Crippen LogP contribution in [-0.2, 0) is 16.7 Å². The summed E-state index contributed by atoms with van der Waals surface area (Å²) >= 11 is 0. The van der Waals surface area contributed by atoms with Crippen LogP contribution in [0.2, 0.25) is 0 Å². The zero-order valence-electron chi connectivity index (χ0n) is 22.4. The molecule has 0 spiro atoms. The molecule has 0 saturated heterocycles. The topological polar surface area (TPSA) is 107 Å². The molecular weight excluding hydrogens is 557 g/mol. The zero-order chi connectivity index (χ0) is 29.7. The fourth-order valence-corrected chi connectivity index (χ4v) is 8.63. The molecular formula is C28H38F5NO5S. The summed E-state index contributed by atoms with van der Waals surface area (Å²) in [5.41, 5.74) is 1.55. The maximum atomic E-state index is 13.4. The molecule has 0 radical (unpaired) electrons. The lowest BCUT2D eigenvalue weighted by molar-refractivity contribution is -0.313. The van der Waals surface area contributed by atoms with Crippen LogP contribution in [0.15, 0.2) is 30.9 Å². The van der Waals surface area contributed by atoms with Crippen LogP contribution >= 0.6 is 0 Å². The van der Waals surface area contributed by atoms with Gasteiger partial charge in [0, 0.05) is 0 Å². The van der Waals surface area contributed by atoms with Crippen molar-refractivity contribution in [3.63, 3.8) is 0 Å². The third kappa shape index (κ3) is 5.53. The second-order valence-electron chi connectivity index (χ2n) is 12.2. The van der Waals surface area contributed by atoms with Gasteiger partial charge in [-0.3, -0.25) is 9.27 Å². The second-order valence-corrected chi connectivity index (χ2v) is 13.3. The van der Waals surface area contributed by atoms with Crippen molar-refractivity contribution in [2.45, 2.75) is 101 Å². The van der Waals surface area contributed by atoms with Crippen LogP contribution in [0, 0.1) is 22.7 Å². The van der Waals surface area contributed by atoms with Crippen LogP contribution in [0.4, 0.5) is 27.6 Å². The van der Waals surface area contributed by atoms with E-state index in [1.807, 2.05) is 12.1 Å². The lowest BCUT2D eigenvalue weighted by Gasteiger charge is -2.60. The highest BCUT2D eigenvalue weighted by Crippen LogP contribution is 2.69. The van der Waals surface area contributed by atoms with Gasteiger partial charge in [-0.15, -0.1) is 6.58 Å². The molecule has 4 N–H and O–H groups in total. The Morgan fingerprint density at radius 3 is 2.50 bits per heavy atom. The third-order valence-electron chi connectivity index (χ3n) is 9.97. The van der Waals surface area contributed by atoms with E-state index in [0.717, 1.165) is 24.0 Å². The normalized spacial score (nSPS) is 33.0. The Kier molecular flexibility index (Phi) is 8.43. The van der Waals surface area contributed by atoms with Gasteiger partial charge in [0.1, 0.15) is 6.10 Å². The van der Waals surface area contributed by atoms with E-state index >= 15 is 0 Å². The van der Waals surface area contributed by atoms with E-state index < -0.39 is 41.0 Å². The first kappa shape index (κ1) is 31.2. The van der Waals surface area contributed by atoms with E-state index in [2.05, 4.69) is 18.2 Å². The van der Waals surface area contributed by atoms with E-state index in [-0.39, 0.29) is 40.7 Å². The lowest BCUT2D eigenvalue weighted by atomic mass is 9.44. The summed E-state index contributed by atoms with van der Waals surface area (Å²) in [5, 5.41) is 20.5. The molecule has 40 heavy (non-hydrogen) atoms. The number of fused-ring (bicyclic) bond motifs is 5. The number of rotatable bonds is 10. The first-order chi connectivity index (χ1) is 18.5. The minimum Gasteiger partial charge on any atom is -0.393 e. The lowest BCUT2D eigenvalue weighted by Crippen LogP contribution is -2.54. The Balaban J connectivity index is 1.56. The third-order valence-corrected chi connectivity index (χ3v) is 10.5. The number of allylic oxidation sites excluding steroid dienone is 1. The Hall–Kier alpha value is -1.76. The van der Waals surface area contributed by atoms with Crippen molar-refractivity contribution >= 4 is 16.0 Å². The van der Waals surface area contributed by atoms with Gasteiger partial charge in [-0.25, -0.2) is 0 Å². The van der Waals surface area contributed by atoms with Gasteiger partial charge in [-0.1, -0.05) is 38.3 Å². The molecule has 1 aromatic rings. The molecule has 4 rings (SSSR count). The van der Waals surface area contributed by atoms with Crippen molar-refractivity contribution in [2.24, 2.45) is 22.7 Å². The molecule has 1 unspecified atom stereocenters. The number of nitrogens with one attached hydrogen (secondary N) is 1. The first-order valence-electron chi connectivity index (χ1n) is 13.8. The van der Waals surface area contributed by atoms with Crippen molar-refractivity contribution < 1.29 is 45.1 Å². The number of aliphatic hydroxyl groups excluding tert-OH is 2. The van der Waals surface area contributed by atoms with Crippen LogP contribution in [0.1, 0.15) is 81.8 Å². The van der Waals surface area contributed by atoms with E-state index in [0.29, 0.717) is 38.5 Å². The Labute approximate surface area is 231 Å². The van der Waals surface area contributed by atoms with E-state index in [4.69, 9.17) is 0 Å². The quantitative estimate of drug-likeness (QED) is 0.108.